The maximum atomic E-state index is 12.3. The lowest BCUT2D eigenvalue weighted by molar-refractivity contribution is -0.437. The van der Waals surface area contributed by atoms with E-state index in [1.54, 1.807) is 30.4 Å². The van der Waals surface area contributed by atoms with E-state index in [1.807, 2.05) is 36.3 Å². The third-order valence-corrected chi connectivity index (χ3v) is 14.0. The summed E-state index contributed by atoms with van der Waals surface area (Å²) < 4.78 is 135. The summed E-state index contributed by atoms with van der Waals surface area (Å²) in [7, 11) is -17.6. The molecule has 1 amide bonds. The zero-order valence-electron chi connectivity index (χ0n) is 33.6. The predicted octanol–water partition coefficient (Wildman–Crippen LogP) is 4.98. The average Bonchev–Trinajstić information content (AvgIpc) is 3.49. The van der Waals surface area contributed by atoms with Gasteiger partial charge < -0.3 is 10.2 Å². The highest BCUT2D eigenvalue weighted by atomic mass is 32.2. The maximum absolute atomic E-state index is 12.3. The van der Waals surface area contributed by atoms with Crippen molar-refractivity contribution in [2.75, 3.05) is 36.0 Å². The number of benzene rings is 2. The molecular formula is C40H52N3O13S4+. The highest BCUT2D eigenvalue weighted by molar-refractivity contribution is 7.86. The normalized spacial score (nSPS) is 18.7. The zero-order chi connectivity index (χ0) is 44.7. The van der Waals surface area contributed by atoms with Gasteiger partial charge in [-0.25, -0.2) is 0 Å². The number of nitrogens with one attached hydrogen (secondary N) is 1. The number of terminal acetylenes is 1. The molecule has 0 fully saturated rings. The summed E-state index contributed by atoms with van der Waals surface area (Å²) in [5, 5.41) is 2.63. The number of hydrogen-bond acceptors (Lipinski definition) is 10. The molecule has 2 aliphatic heterocycles. The van der Waals surface area contributed by atoms with Crippen molar-refractivity contribution in [2.24, 2.45) is 0 Å². The van der Waals surface area contributed by atoms with Crippen LogP contribution in [0.15, 0.2) is 82.3 Å². The topological polar surface area (TPSA) is 253 Å². The highest BCUT2D eigenvalue weighted by Crippen LogP contribution is 2.51. The summed E-state index contributed by atoms with van der Waals surface area (Å²) in [5.41, 5.74) is 2.09. The lowest BCUT2D eigenvalue weighted by Crippen LogP contribution is -2.29. The minimum Gasteiger partial charge on any atom is -0.345 e. The van der Waals surface area contributed by atoms with Crippen molar-refractivity contribution >= 4 is 63.5 Å². The van der Waals surface area contributed by atoms with E-state index in [9.17, 15) is 56.7 Å². The number of carbonyl (C=O) groups excluding carboxylic acids is 1. The Hall–Kier alpha value is -4.20. The molecule has 0 bridgehead atoms. The molecule has 16 nitrogen and oxygen atoms in total. The Labute approximate surface area is 353 Å². The van der Waals surface area contributed by atoms with Gasteiger partial charge in [0.2, 0.25) is 11.6 Å². The Morgan fingerprint density at radius 3 is 2.02 bits per heavy atom. The van der Waals surface area contributed by atoms with Crippen molar-refractivity contribution in [2.45, 2.75) is 92.8 Å². The lowest BCUT2D eigenvalue weighted by atomic mass is 9.77. The van der Waals surface area contributed by atoms with Crippen molar-refractivity contribution in [1.29, 1.82) is 0 Å². The highest BCUT2D eigenvalue weighted by Gasteiger charge is 2.45. The summed E-state index contributed by atoms with van der Waals surface area (Å²) in [6, 6.07) is 8.46. The van der Waals surface area contributed by atoms with Crippen molar-refractivity contribution in [3.05, 3.63) is 83.6 Å². The average molecular weight is 911 g/mol. The van der Waals surface area contributed by atoms with Gasteiger partial charge >= 0.3 is 0 Å². The second-order valence-corrected chi connectivity index (χ2v) is 21.4. The van der Waals surface area contributed by atoms with Gasteiger partial charge in [-0.3, -0.25) is 23.0 Å². The van der Waals surface area contributed by atoms with E-state index in [2.05, 4.69) is 11.2 Å². The number of rotatable bonds is 21. The van der Waals surface area contributed by atoms with Crippen LogP contribution in [0.1, 0.15) is 83.3 Å². The number of hydrogen-bond donors (Lipinski definition) is 5. The van der Waals surface area contributed by atoms with E-state index in [4.69, 9.17) is 6.42 Å². The number of anilines is 1. The van der Waals surface area contributed by atoms with E-state index in [1.165, 1.54) is 30.3 Å². The Morgan fingerprint density at radius 1 is 0.783 bits per heavy atom. The molecule has 1 unspecified atom stereocenters. The molecule has 0 radical (unpaired) electrons. The molecule has 0 saturated heterocycles. The summed E-state index contributed by atoms with van der Waals surface area (Å²) in [6.07, 6.45) is 17.1. The lowest BCUT2D eigenvalue weighted by Gasteiger charge is -2.30. The summed E-state index contributed by atoms with van der Waals surface area (Å²) in [6.45, 7) is 6.32. The summed E-state index contributed by atoms with van der Waals surface area (Å²) in [5.74, 6) is 1.22. The second-order valence-electron chi connectivity index (χ2n) is 15.4. The van der Waals surface area contributed by atoms with Crippen LogP contribution in [0.25, 0.3) is 0 Å². The first kappa shape index (κ1) is 48.5. The third kappa shape index (κ3) is 12.4. The molecular weight excluding hydrogens is 859 g/mol. The number of fused-ring (bicyclic) bond motifs is 2. The van der Waals surface area contributed by atoms with Gasteiger partial charge in [-0.2, -0.15) is 38.2 Å². The van der Waals surface area contributed by atoms with Gasteiger partial charge in [0.1, 0.15) is 6.54 Å². The van der Waals surface area contributed by atoms with Crippen molar-refractivity contribution < 1.29 is 61.3 Å². The minimum absolute atomic E-state index is 0.0468. The van der Waals surface area contributed by atoms with Crippen LogP contribution in [0.4, 0.5) is 11.4 Å². The fourth-order valence-corrected chi connectivity index (χ4v) is 9.82. The van der Waals surface area contributed by atoms with Crippen molar-refractivity contribution in [3.8, 4) is 12.3 Å². The van der Waals surface area contributed by atoms with Gasteiger partial charge in [0.15, 0.2) is 5.71 Å². The van der Waals surface area contributed by atoms with E-state index < -0.39 is 62.8 Å². The van der Waals surface area contributed by atoms with Crippen molar-refractivity contribution in [3.63, 3.8) is 0 Å². The molecule has 2 heterocycles. The van der Waals surface area contributed by atoms with Gasteiger partial charge in [0, 0.05) is 53.9 Å². The predicted molar refractivity (Wildman–Crippen MR) is 228 cm³/mol. The monoisotopic (exact) mass is 910 g/mol. The smallest absolute Gasteiger partial charge is 0.294 e. The van der Waals surface area contributed by atoms with Gasteiger partial charge in [-0.05, 0) is 88.4 Å². The SMILES string of the molecule is C#CCNC(=O)CCCCCN1C(=CC=CC=CC2=[N+](CCCS(=O)(=O)O)c3ccc(S(=O)(=O)O)cc3C2(C)C)C(C)(CCCCS(=O)(=O)O)c2cc(S(=O)(=O)O)ccc21. The van der Waals surface area contributed by atoms with Crippen LogP contribution in [0, 0.1) is 12.3 Å². The first-order valence-electron chi connectivity index (χ1n) is 19.1. The van der Waals surface area contributed by atoms with Crippen LogP contribution >= 0.6 is 0 Å². The molecule has 328 valence electrons. The van der Waals surface area contributed by atoms with Gasteiger partial charge in [-0.15, -0.1) is 6.42 Å². The van der Waals surface area contributed by atoms with Crippen molar-refractivity contribution in [1.82, 2.24) is 5.32 Å². The Bertz CT molecular complexity index is 2590. The van der Waals surface area contributed by atoms with Crippen LogP contribution in [-0.2, 0) is 56.1 Å². The van der Waals surface area contributed by atoms with Crippen LogP contribution in [-0.4, -0.2) is 99.2 Å². The third-order valence-electron chi connectivity index (χ3n) is 10.7. The molecule has 0 spiro atoms. The fraction of sp³-hybridized carbons (Fsp3) is 0.450. The number of allylic oxidation sites excluding steroid dienone is 6. The standard InChI is InChI=1S/C40H51N3O13S4/c1-5-23-41-38(44)17-10-7-12-24-43-35-21-19-31(60(54,55)56)29-33(35)40(4,22-11-13-26-57(45,46)47)37(43)16-9-6-8-15-36-39(2,3)32-28-30(59(51,52)53)18-20-34(32)42(36)25-14-27-58(48,49)50/h1,6,8-9,15-16,18-21,28-29H,7,10-14,17,22-27H2,2-4H3,(H4-,41,44,45,46,47,48,49,50,51,52,53,54,55,56)/p+1. The number of nitrogens with zero attached hydrogens (tertiary/aromatic N) is 2. The maximum Gasteiger partial charge on any atom is 0.294 e. The molecule has 1 atom stereocenters. The molecule has 0 aromatic heterocycles. The largest absolute Gasteiger partial charge is 0.345 e. The molecule has 60 heavy (non-hydrogen) atoms. The molecule has 0 saturated carbocycles. The minimum atomic E-state index is -4.60. The van der Waals surface area contributed by atoms with E-state index in [-0.39, 0.29) is 48.1 Å². The Morgan fingerprint density at radius 2 is 1.40 bits per heavy atom. The number of unbranched alkanes of at least 4 members (excludes halogenated alkanes) is 3. The van der Waals surface area contributed by atoms with Crippen LogP contribution in [0.2, 0.25) is 0 Å². The summed E-state index contributed by atoms with van der Waals surface area (Å²) in [4.78, 5) is 13.5. The van der Waals surface area contributed by atoms with Crippen LogP contribution in [0.3, 0.4) is 0 Å². The molecule has 0 aliphatic carbocycles. The first-order valence-corrected chi connectivity index (χ1v) is 25.2. The number of carbonyl (C=O) groups is 1. The van der Waals surface area contributed by atoms with E-state index in [0.717, 1.165) is 5.70 Å². The molecule has 2 aromatic rings. The summed E-state index contributed by atoms with van der Waals surface area (Å²) >= 11 is 0. The van der Waals surface area contributed by atoms with E-state index >= 15 is 0 Å². The van der Waals surface area contributed by atoms with Crippen LogP contribution in [0.5, 0.6) is 0 Å². The first-order chi connectivity index (χ1) is 27.8. The molecule has 5 N–H and O–H groups in total. The quantitative estimate of drug-likeness (QED) is 0.0365. The fourth-order valence-electron chi connectivity index (χ4n) is 7.75. The molecule has 20 heteroatoms. The van der Waals surface area contributed by atoms with Gasteiger partial charge in [-0.1, -0.05) is 37.0 Å². The van der Waals surface area contributed by atoms with E-state index in [0.29, 0.717) is 66.9 Å². The molecule has 4 rings (SSSR count). The number of amides is 1. The van der Waals surface area contributed by atoms with Gasteiger partial charge in [0.05, 0.1) is 33.3 Å². The molecule has 2 aromatic carbocycles. The van der Waals surface area contributed by atoms with Crippen LogP contribution < -0.4 is 10.2 Å². The Kier molecular flexibility index (Phi) is 15.5. The second kappa shape index (κ2) is 19.2. The zero-order valence-corrected chi connectivity index (χ0v) is 36.9. The van der Waals surface area contributed by atoms with Gasteiger partial charge in [0.25, 0.3) is 40.5 Å². The Balaban J connectivity index is 1.74. The molecule has 2 aliphatic rings.